The van der Waals surface area contributed by atoms with E-state index in [9.17, 15) is 9.90 Å². The summed E-state index contributed by atoms with van der Waals surface area (Å²) in [4.78, 5) is 11.6. The number of hydrogen-bond donors (Lipinski definition) is 1. The highest BCUT2D eigenvalue weighted by atomic mass is 16.6. The van der Waals surface area contributed by atoms with Crippen LogP contribution in [0.25, 0.3) is 0 Å². The summed E-state index contributed by atoms with van der Waals surface area (Å²) in [5.41, 5.74) is 0. The maximum atomic E-state index is 11.6. The lowest BCUT2D eigenvalue weighted by atomic mass is 10.0. The maximum Gasteiger partial charge on any atom is 0.306 e. The molecule has 0 amide bonds. The number of esters is 1. The molecule has 0 aliphatic heterocycles. The molecule has 0 aliphatic rings. The largest absolute Gasteiger partial charge is 0.460 e. The summed E-state index contributed by atoms with van der Waals surface area (Å²) in [6, 6.07) is 0. The van der Waals surface area contributed by atoms with Gasteiger partial charge in [-0.05, 0) is 20.3 Å². The molecule has 0 radical (unpaired) electrons. The SMILES string of the molecule is CCCCCCCCCCCCCCCCCC(=O)OC(C)C(C)O. The van der Waals surface area contributed by atoms with Crippen LogP contribution in [-0.4, -0.2) is 23.3 Å². The zero-order chi connectivity index (χ0) is 18.8. The summed E-state index contributed by atoms with van der Waals surface area (Å²) in [6.45, 7) is 5.65. The van der Waals surface area contributed by atoms with Crippen LogP contribution in [0.3, 0.4) is 0 Å². The second kappa shape index (κ2) is 18.2. The van der Waals surface area contributed by atoms with E-state index in [-0.39, 0.29) is 5.97 Å². The van der Waals surface area contributed by atoms with Gasteiger partial charge in [-0.3, -0.25) is 4.79 Å². The summed E-state index contributed by atoms with van der Waals surface area (Å²) in [7, 11) is 0. The molecule has 0 aliphatic carbocycles. The zero-order valence-electron chi connectivity index (χ0n) is 17.2. The number of aliphatic hydroxyl groups is 1. The molecule has 150 valence electrons. The monoisotopic (exact) mass is 356 g/mol. The average Bonchev–Trinajstić information content (AvgIpc) is 2.58. The van der Waals surface area contributed by atoms with Gasteiger partial charge >= 0.3 is 5.97 Å². The number of unbranched alkanes of at least 4 members (excludes halogenated alkanes) is 14. The second-order valence-electron chi connectivity index (χ2n) is 7.64. The molecule has 25 heavy (non-hydrogen) atoms. The van der Waals surface area contributed by atoms with Crippen LogP contribution in [0.15, 0.2) is 0 Å². The molecular weight excluding hydrogens is 312 g/mol. The van der Waals surface area contributed by atoms with Crippen molar-refractivity contribution < 1.29 is 14.6 Å². The van der Waals surface area contributed by atoms with Gasteiger partial charge in [0.25, 0.3) is 0 Å². The van der Waals surface area contributed by atoms with Gasteiger partial charge in [0.1, 0.15) is 6.10 Å². The van der Waals surface area contributed by atoms with E-state index in [0.29, 0.717) is 6.42 Å². The van der Waals surface area contributed by atoms with Crippen LogP contribution in [0.4, 0.5) is 0 Å². The third-order valence-corrected chi connectivity index (χ3v) is 4.98. The quantitative estimate of drug-likeness (QED) is 0.223. The highest BCUT2D eigenvalue weighted by molar-refractivity contribution is 5.69. The van der Waals surface area contributed by atoms with E-state index >= 15 is 0 Å². The van der Waals surface area contributed by atoms with Crippen LogP contribution in [0.1, 0.15) is 124 Å². The predicted octanol–water partition coefficient (Wildman–Crippen LogP) is 6.56. The van der Waals surface area contributed by atoms with Crippen molar-refractivity contribution in [2.45, 2.75) is 136 Å². The van der Waals surface area contributed by atoms with Crippen LogP contribution >= 0.6 is 0 Å². The zero-order valence-corrected chi connectivity index (χ0v) is 17.2. The van der Waals surface area contributed by atoms with Gasteiger partial charge in [-0.15, -0.1) is 0 Å². The minimum absolute atomic E-state index is 0.178. The standard InChI is InChI=1S/C22H44O3/c1-4-5-6-7-8-9-10-11-12-13-14-15-16-17-18-19-22(24)25-21(3)20(2)23/h20-21,23H,4-19H2,1-3H3. The van der Waals surface area contributed by atoms with Gasteiger partial charge in [0.05, 0.1) is 6.10 Å². The Hall–Kier alpha value is -0.570. The number of aliphatic hydroxyl groups excluding tert-OH is 1. The molecule has 2 atom stereocenters. The minimum atomic E-state index is -0.593. The lowest BCUT2D eigenvalue weighted by Crippen LogP contribution is -2.25. The van der Waals surface area contributed by atoms with Crippen molar-refractivity contribution >= 4 is 5.97 Å². The van der Waals surface area contributed by atoms with Crippen molar-refractivity contribution in [3.8, 4) is 0 Å². The van der Waals surface area contributed by atoms with Gasteiger partial charge in [0.2, 0.25) is 0 Å². The number of carbonyl (C=O) groups excluding carboxylic acids is 1. The average molecular weight is 357 g/mol. The molecule has 0 aromatic heterocycles. The number of hydrogen-bond acceptors (Lipinski definition) is 3. The molecule has 0 rings (SSSR count). The van der Waals surface area contributed by atoms with E-state index in [1.54, 1.807) is 13.8 Å². The second-order valence-corrected chi connectivity index (χ2v) is 7.64. The van der Waals surface area contributed by atoms with Crippen molar-refractivity contribution in [1.29, 1.82) is 0 Å². The Kier molecular flexibility index (Phi) is 17.8. The molecule has 0 saturated heterocycles. The maximum absolute atomic E-state index is 11.6. The van der Waals surface area contributed by atoms with Crippen LogP contribution in [0.5, 0.6) is 0 Å². The molecule has 3 nitrogen and oxygen atoms in total. The first-order chi connectivity index (χ1) is 12.1. The van der Waals surface area contributed by atoms with Gasteiger partial charge in [0, 0.05) is 6.42 Å². The molecule has 0 aromatic carbocycles. The van der Waals surface area contributed by atoms with Crippen LogP contribution in [0.2, 0.25) is 0 Å². The van der Waals surface area contributed by atoms with E-state index < -0.39 is 12.2 Å². The van der Waals surface area contributed by atoms with Gasteiger partial charge in [-0.2, -0.15) is 0 Å². The highest BCUT2D eigenvalue weighted by Gasteiger charge is 2.13. The number of rotatable bonds is 18. The fourth-order valence-corrected chi connectivity index (χ4v) is 3.01. The molecular formula is C22H44O3. The van der Waals surface area contributed by atoms with E-state index in [0.717, 1.165) is 12.8 Å². The van der Waals surface area contributed by atoms with Gasteiger partial charge in [0.15, 0.2) is 0 Å². The fourth-order valence-electron chi connectivity index (χ4n) is 3.01. The van der Waals surface area contributed by atoms with Crippen molar-refractivity contribution in [2.75, 3.05) is 0 Å². The topological polar surface area (TPSA) is 46.5 Å². The Morgan fingerprint density at radius 1 is 0.720 bits per heavy atom. The Labute approximate surface area is 156 Å². The van der Waals surface area contributed by atoms with Crippen molar-refractivity contribution in [1.82, 2.24) is 0 Å². The molecule has 0 aromatic rings. The van der Waals surface area contributed by atoms with Crippen molar-refractivity contribution in [3.63, 3.8) is 0 Å². The first-order valence-electron chi connectivity index (χ1n) is 11.0. The molecule has 0 fully saturated rings. The Morgan fingerprint density at radius 2 is 1.08 bits per heavy atom. The van der Waals surface area contributed by atoms with Gasteiger partial charge in [-0.1, -0.05) is 96.8 Å². The van der Waals surface area contributed by atoms with E-state index in [2.05, 4.69) is 6.92 Å². The summed E-state index contributed by atoms with van der Waals surface area (Å²) in [6.07, 6.45) is 19.4. The number of ether oxygens (including phenoxy) is 1. The van der Waals surface area contributed by atoms with Gasteiger partial charge in [-0.25, -0.2) is 0 Å². The van der Waals surface area contributed by atoms with E-state index in [1.807, 2.05) is 0 Å². The van der Waals surface area contributed by atoms with Crippen LogP contribution in [0, 0.1) is 0 Å². The normalized spacial score (nSPS) is 13.6. The van der Waals surface area contributed by atoms with Gasteiger partial charge < -0.3 is 9.84 Å². The van der Waals surface area contributed by atoms with E-state index in [4.69, 9.17) is 4.74 Å². The van der Waals surface area contributed by atoms with Crippen molar-refractivity contribution in [2.24, 2.45) is 0 Å². The molecule has 0 bridgehead atoms. The van der Waals surface area contributed by atoms with Crippen molar-refractivity contribution in [3.05, 3.63) is 0 Å². The first kappa shape index (κ1) is 24.4. The lowest BCUT2D eigenvalue weighted by molar-refractivity contribution is -0.153. The first-order valence-corrected chi connectivity index (χ1v) is 11.0. The van der Waals surface area contributed by atoms with Crippen LogP contribution in [-0.2, 0) is 9.53 Å². The summed E-state index contributed by atoms with van der Waals surface area (Å²) in [5.74, 6) is -0.178. The predicted molar refractivity (Wildman–Crippen MR) is 107 cm³/mol. The summed E-state index contributed by atoms with van der Waals surface area (Å²) >= 11 is 0. The Balaban J connectivity index is 3.17. The van der Waals surface area contributed by atoms with Crippen LogP contribution < -0.4 is 0 Å². The summed E-state index contributed by atoms with van der Waals surface area (Å²) < 4.78 is 5.14. The third kappa shape index (κ3) is 18.0. The molecule has 3 heteroatoms. The number of carbonyl (C=O) groups is 1. The molecule has 2 unspecified atom stereocenters. The fraction of sp³-hybridized carbons (Fsp3) is 0.955. The minimum Gasteiger partial charge on any atom is -0.460 e. The molecule has 0 heterocycles. The lowest BCUT2D eigenvalue weighted by Gasteiger charge is -2.15. The molecule has 0 saturated carbocycles. The summed E-state index contributed by atoms with van der Waals surface area (Å²) in [5, 5.41) is 9.30. The highest BCUT2D eigenvalue weighted by Crippen LogP contribution is 2.14. The third-order valence-electron chi connectivity index (χ3n) is 4.98. The van der Waals surface area contributed by atoms with E-state index in [1.165, 1.54) is 83.5 Å². The molecule has 1 N–H and O–H groups in total. The Morgan fingerprint density at radius 3 is 1.44 bits per heavy atom. The molecule has 0 spiro atoms. The Bertz CT molecular complexity index is 289. The smallest absolute Gasteiger partial charge is 0.306 e.